The van der Waals surface area contributed by atoms with Crippen molar-refractivity contribution >= 4 is 23.3 Å². The maximum absolute atomic E-state index is 9.34. The van der Waals surface area contributed by atoms with Crippen LogP contribution in [0.15, 0.2) is 42.5 Å². The van der Waals surface area contributed by atoms with E-state index in [0.717, 1.165) is 16.9 Å². The average Bonchev–Trinajstić information content (AvgIpc) is 2.53. The van der Waals surface area contributed by atoms with Crippen LogP contribution in [-0.4, -0.2) is 13.2 Å². The van der Waals surface area contributed by atoms with E-state index in [1.807, 2.05) is 36.4 Å². The standard InChI is InChI=1S/C17H12ClNO2/c18-15-4-2-13(3-5-15)14(11-19)9-12-1-6-16-17(10-12)21-8-7-20-16/h1-6,9-10H,7-8H2. The van der Waals surface area contributed by atoms with Crippen LogP contribution in [0.2, 0.25) is 5.02 Å². The Kier molecular flexibility index (Phi) is 3.81. The maximum Gasteiger partial charge on any atom is 0.161 e. The molecule has 0 fully saturated rings. The lowest BCUT2D eigenvalue weighted by atomic mass is 10.0. The maximum atomic E-state index is 9.34. The lowest BCUT2D eigenvalue weighted by molar-refractivity contribution is 0.171. The summed E-state index contributed by atoms with van der Waals surface area (Å²) in [5, 5.41) is 9.99. The molecule has 0 saturated carbocycles. The van der Waals surface area contributed by atoms with Gasteiger partial charge in [0.25, 0.3) is 0 Å². The van der Waals surface area contributed by atoms with Crippen molar-refractivity contribution in [2.45, 2.75) is 0 Å². The van der Waals surface area contributed by atoms with Gasteiger partial charge in [0, 0.05) is 5.02 Å². The smallest absolute Gasteiger partial charge is 0.161 e. The Balaban J connectivity index is 1.95. The van der Waals surface area contributed by atoms with Gasteiger partial charge in [-0.15, -0.1) is 0 Å². The third-order valence-corrected chi connectivity index (χ3v) is 3.40. The Labute approximate surface area is 128 Å². The van der Waals surface area contributed by atoms with Crippen molar-refractivity contribution in [1.29, 1.82) is 5.26 Å². The second kappa shape index (κ2) is 5.90. The molecule has 3 nitrogen and oxygen atoms in total. The van der Waals surface area contributed by atoms with Crippen LogP contribution >= 0.6 is 11.6 Å². The molecule has 0 saturated heterocycles. The molecule has 0 aromatic heterocycles. The molecule has 0 aliphatic carbocycles. The third-order valence-electron chi connectivity index (χ3n) is 3.15. The highest BCUT2D eigenvalue weighted by molar-refractivity contribution is 6.30. The van der Waals surface area contributed by atoms with Crippen LogP contribution in [0, 0.1) is 11.3 Å². The molecule has 0 amide bonds. The molecule has 1 aliphatic rings. The number of rotatable bonds is 2. The highest BCUT2D eigenvalue weighted by Crippen LogP contribution is 2.32. The molecular weight excluding hydrogens is 286 g/mol. The van der Waals surface area contributed by atoms with Crippen molar-refractivity contribution < 1.29 is 9.47 Å². The topological polar surface area (TPSA) is 42.2 Å². The van der Waals surface area contributed by atoms with Gasteiger partial charge in [-0.2, -0.15) is 5.26 Å². The summed E-state index contributed by atoms with van der Waals surface area (Å²) in [5.41, 5.74) is 2.30. The van der Waals surface area contributed by atoms with E-state index >= 15 is 0 Å². The Morgan fingerprint density at radius 2 is 1.76 bits per heavy atom. The van der Waals surface area contributed by atoms with E-state index in [1.165, 1.54) is 0 Å². The number of nitrogens with zero attached hydrogens (tertiary/aromatic N) is 1. The summed E-state index contributed by atoms with van der Waals surface area (Å²) in [6.45, 7) is 1.11. The first-order valence-electron chi connectivity index (χ1n) is 6.53. The van der Waals surface area contributed by atoms with Crippen LogP contribution in [0.3, 0.4) is 0 Å². The minimum atomic E-state index is 0.544. The fourth-order valence-electron chi connectivity index (χ4n) is 2.13. The van der Waals surface area contributed by atoms with E-state index in [9.17, 15) is 5.26 Å². The van der Waals surface area contributed by atoms with E-state index in [0.29, 0.717) is 29.6 Å². The van der Waals surface area contributed by atoms with Crippen LogP contribution in [-0.2, 0) is 0 Å². The summed E-state index contributed by atoms with van der Waals surface area (Å²) >= 11 is 5.87. The molecule has 0 unspecified atom stereocenters. The van der Waals surface area contributed by atoms with Crippen molar-refractivity contribution in [2.75, 3.05) is 13.2 Å². The second-order valence-electron chi connectivity index (χ2n) is 4.58. The molecular formula is C17H12ClNO2. The van der Waals surface area contributed by atoms with E-state index in [4.69, 9.17) is 21.1 Å². The second-order valence-corrected chi connectivity index (χ2v) is 5.02. The summed E-state index contributed by atoms with van der Waals surface area (Å²) in [6, 6.07) is 15.0. The van der Waals surface area contributed by atoms with Gasteiger partial charge >= 0.3 is 0 Å². The Morgan fingerprint density at radius 3 is 2.48 bits per heavy atom. The molecule has 0 spiro atoms. The first-order valence-corrected chi connectivity index (χ1v) is 6.91. The molecule has 4 heteroatoms. The minimum Gasteiger partial charge on any atom is -0.486 e. The van der Waals surface area contributed by atoms with Gasteiger partial charge in [0.15, 0.2) is 11.5 Å². The molecule has 1 aliphatic heterocycles. The van der Waals surface area contributed by atoms with Gasteiger partial charge in [-0.05, 0) is 41.5 Å². The van der Waals surface area contributed by atoms with Crippen molar-refractivity contribution in [3.05, 3.63) is 58.6 Å². The van der Waals surface area contributed by atoms with Crippen LogP contribution in [0.5, 0.6) is 11.5 Å². The summed E-state index contributed by atoms with van der Waals surface area (Å²) < 4.78 is 11.0. The summed E-state index contributed by atoms with van der Waals surface area (Å²) in [6.07, 6.45) is 1.82. The normalized spacial score (nSPS) is 13.6. The number of allylic oxidation sites excluding steroid dienone is 1. The number of fused-ring (bicyclic) bond motifs is 1. The van der Waals surface area contributed by atoms with Gasteiger partial charge in [0.05, 0.1) is 11.6 Å². The molecule has 0 radical (unpaired) electrons. The van der Waals surface area contributed by atoms with Crippen molar-refractivity contribution in [2.24, 2.45) is 0 Å². The molecule has 104 valence electrons. The van der Waals surface area contributed by atoms with E-state index in [1.54, 1.807) is 12.1 Å². The van der Waals surface area contributed by atoms with Gasteiger partial charge in [-0.1, -0.05) is 29.8 Å². The fraction of sp³-hybridized carbons (Fsp3) is 0.118. The van der Waals surface area contributed by atoms with Crippen LogP contribution in [0.4, 0.5) is 0 Å². The van der Waals surface area contributed by atoms with Gasteiger partial charge in [0.2, 0.25) is 0 Å². The lowest BCUT2D eigenvalue weighted by Crippen LogP contribution is -2.15. The third kappa shape index (κ3) is 3.01. The molecule has 3 rings (SSSR count). The number of hydrogen-bond donors (Lipinski definition) is 0. The zero-order valence-corrected chi connectivity index (χ0v) is 11.9. The zero-order chi connectivity index (χ0) is 14.7. The SMILES string of the molecule is N#CC(=Cc1ccc2c(c1)OCCO2)c1ccc(Cl)cc1. The molecule has 2 aromatic rings. The molecule has 0 bridgehead atoms. The lowest BCUT2D eigenvalue weighted by Gasteiger charge is -2.18. The minimum absolute atomic E-state index is 0.544. The summed E-state index contributed by atoms with van der Waals surface area (Å²) in [7, 11) is 0. The zero-order valence-electron chi connectivity index (χ0n) is 11.2. The first kappa shape index (κ1) is 13.5. The van der Waals surface area contributed by atoms with E-state index in [-0.39, 0.29) is 0 Å². The Hall–Kier alpha value is -2.44. The first-order chi connectivity index (χ1) is 10.3. The number of benzene rings is 2. The summed E-state index contributed by atoms with van der Waals surface area (Å²) in [5.74, 6) is 1.45. The fourth-order valence-corrected chi connectivity index (χ4v) is 2.25. The summed E-state index contributed by atoms with van der Waals surface area (Å²) in [4.78, 5) is 0. The van der Waals surface area contributed by atoms with Crippen LogP contribution in [0.1, 0.15) is 11.1 Å². The van der Waals surface area contributed by atoms with Crippen molar-refractivity contribution in [1.82, 2.24) is 0 Å². The molecule has 21 heavy (non-hydrogen) atoms. The van der Waals surface area contributed by atoms with Gasteiger partial charge in [0.1, 0.15) is 13.2 Å². The average molecular weight is 298 g/mol. The quantitative estimate of drug-likeness (QED) is 0.617. The molecule has 1 heterocycles. The van der Waals surface area contributed by atoms with Crippen LogP contribution in [0.25, 0.3) is 11.6 Å². The van der Waals surface area contributed by atoms with E-state index < -0.39 is 0 Å². The molecule has 0 atom stereocenters. The van der Waals surface area contributed by atoms with Crippen LogP contribution < -0.4 is 9.47 Å². The number of nitriles is 1. The highest BCUT2D eigenvalue weighted by Gasteiger charge is 2.11. The number of hydrogen-bond acceptors (Lipinski definition) is 3. The highest BCUT2D eigenvalue weighted by atomic mass is 35.5. The van der Waals surface area contributed by atoms with Gasteiger partial charge in [-0.3, -0.25) is 0 Å². The Bertz CT molecular complexity index is 729. The van der Waals surface area contributed by atoms with E-state index in [2.05, 4.69) is 6.07 Å². The number of halogens is 1. The monoisotopic (exact) mass is 297 g/mol. The molecule has 0 N–H and O–H groups in total. The molecule has 2 aromatic carbocycles. The number of ether oxygens (including phenoxy) is 2. The van der Waals surface area contributed by atoms with Gasteiger partial charge < -0.3 is 9.47 Å². The van der Waals surface area contributed by atoms with Gasteiger partial charge in [-0.25, -0.2) is 0 Å². The van der Waals surface area contributed by atoms with Crippen molar-refractivity contribution in [3.63, 3.8) is 0 Å². The predicted molar refractivity (Wildman–Crippen MR) is 82.4 cm³/mol. The van der Waals surface area contributed by atoms with Crippen molar-refractivity contribution in [3.8, 4) is 17.6 Å². The largest absolute Gasteiger partial charge is 0.486 e. The Morgan fingerprint density at radius 1 is 1.05 bits per heavy atom. The predicted octanol–water partition coefficient (Wildman–Crippen LogP) is 4.18.